The standard InChI is InChI=1S/C20H23NO4/c1-4-15-7-5-6-8-18(15)24-13-19(22)21-17-11-9-16(10-12-17)20(23)25-14(2)3/h5-12,14H,4,13H2,1-3H3,(H,21,22). The summed E-state index contributed by atoms with van der Waals surface area (Å²) in [7, 11) is 0. The first-order valence-electron chi connectivity index (χ1n) is 8.31. The van der Waals surface area contributed by atoms with E-state index in [2.05, 4.69) is 5.32 Å². The average Bonchev–Trinajstić information content (AvgIpc) is 2.60. The number of carbonyl (C=O) groups excluding carboxylic acids is 2. The fraction of sp³-hybridized carbons (Fsp3) is 0.300. The van der Waals surface area contributed by atoms with Gasteiger partial charge in [0.05, 0.1) is 11.7 Å². The Morgan fingerprint density at radius 2 is 1.72 bits per heavy atom. The van der Waals surface area contributed by atoms with Crippen molar-refractivity contribution in [3.8, 4) is 5.75 Å². The molecule has 2 rings (SSSR count). The molecule has 1 N–H and O–H groups in total. The largest absolute Gasteiger partial charge is 0.483 e. The molecule has 0 saturated heterocycles. The zero-order valence-corrected chi connectivity index (χ0v) is 14.7. The molecule has 0 saturated carbocycles. The van der Waals surface area contributed by atoms with Gasteiger partial charge in [0.1, 0.15) is 5.75 Å². The van der Waals surface area contributed by atoms with Crippen molar-refractivity contribution < 1.29 is 19.1 Å². The molecule has 5 nitrogen and oxygen atoms in total. The number of aryl methyl sites for hydroxylation is 1. The highest BCUT2D eigenvalue weighted by atomic mass is 16.5. The Balaban J connectivity index is 1.89. The summed E-state index contributed by atoms with van der Waals surface area (Å²) >= 11 is 0. The highest BCUT2D eigenvalue weighted by Crippen LogP contribution is 2.18. The third-order valence-electron chi connectivity index (χ3n) is 3.46. The maximum absolute atomic E-state index is 12.0. The molecule has 5 heteroatoms. The Morgan fingerprint density at radius 3 is 2.36 bits per heavy atom. The van der Waals surface area contributed by atoms with Crippen molar-refractivity contribution in [3.05, 3.63) is 59.7 Å². The Hall–Kier alpha value is -2.82. The molecule has 0 spiro atoms. The highest BCUT2D eigenvalue weighted by Gasteiger charge is 2.10. The smallest absolute Gasteiger partial charge is 0.338 e. The molecular weight excluding hydrogens is 318 g/mol. The predicted octanol–water partition coefficient (Wildman–Crippen LogP) is 3.83. The van der Waals surface area contributed by atoms with E-state index in [-0.39, 0.29) is 24.6 Å². The van der Waals surface area contributed by atoms with Crippen LogP contribution in [0.4, 0.5) is 5.69 Å². The van der Waals surface area contributed by atoms with Crippen molar-refractivity contribution in [2.24, 2.45) is 0 Å². The Kier molecular flexibility index (Phi) is 6.57. The van der Waals surface area contributed by atoms with Crippen LogP contribution in [0.5, 0.6) is 5.75 Å². The minimum absolute atomic E-state index is 0.0752. The van der Waals surface area contributed by atoms with Crippen molar-refractivity contribution >= 4 is 17.6 Å². The molecule has 0 atom stereocenters. The lowest BCUT2D eigenvalue weighted by Gasteiger charge is -2.11. The van der Waals surface area contributed by atoms with Gasteiger partial charge < -0.3 is 14.8 Å². The van der Waals surface area contributed by atoms with Crippen LogP contribution in [-0.4, -0.2) is 24.6 Å². The van der Waals surface area contributed by atoms with Crippen LogP contribution in [-0.2, 0) is 16.0 Å². The second-order valence-electron chi connectivity index (χ2n) is 5.83. The number of nitrogens with one attached hydrogen (secondary N) is 1. The molecule has 0 heterocycles. The quantitative estimate of drug-likeness (QED) is 0.777. The second-order valence-corrected chi connectivity index (χ2v) is 5.83. The lowest BCUT2D eigenvalue weighted by atomic mass is 10.1. The van der Waals surface area contributed by atoms with Gasteiger partial charge in [-0.1, -0.05) is 25.1 Å². The van der Waals surface area contributed by atoms with Gasteiger partial charge in [-0.05, 0) is 56.2 Å². The van der Waals surface area contributed by atoms with Crippen molar-refractivity contribution in [1.29, 1.82) is 0 Å². The minimum atomic E-state index is -0.382. The van der Waals surface area contributed by atoms with E-state index in [0.29, 0.717) is 17.0 Å². The summed E-state index contributed by atoms with van der Waals surface area (Å²) < 4.78 is 10.7. The molecule has 0 fully saturated rings. The monoisotopic (exact) mass is 341 g/mol. The van der Waals surface area contributed by atoms with Gasteiger partial charge in [0.25, 0.3) is 5.91 Å². The summed E-state index contributed by atoms with van der Waals surface area (Å²) in [6.45, 7) is 5.55. The number of ether oxygens (including phenoxy) is 2. The van der Waals surface area contributed by atoms with Gasteiger partial charge in [0, 0.05) is 5.69 Å². The zero-order valence-electron chi connectivity index (χ0n) is 14.7. The molecule has 132 valence electrons. The second kappa shape index (κ2) is 8.87. The van der Waals surface area contributed by atoms with Crippen molar-refractivity contribution in [1.82, 2.24) is 0 Å². The third-order valence-corrected chi connectivity index (χ3v) is 3.46. The molecule has 0 aliphatic carbocycles. The first-order chi connectivity index (χ1) is 12.0. The molecule has 0 aliphatic heterocycles. The van der Waals surface area contributed by atoms with Gasteiger partial charge in [-0.2, -0.15) is 0 Å². The van der Waals surface area contributed by atoms with Crippen LogP contribution in [0.15, 0.2) is 48.5 Å². The van der Waals surface area contributed by atoms with Gasteiger partial charge in [0.2, 0.25) is 0 Å². The summed E-state index contributed by atoms with van der Waals surface area (Å²) in [5.41, 5.74) is 2.10. The average molecular weight is 341 g/mol. The number of para-hydroxylation sites is 1. The van der Waals surface area contributed by atoms with Crippen LogP contribution in [0.2, 0.25) is 0 Å². The number of anilines is 1. The van der Waals surface area contributed by atoms with Crippen molar-refractivity contribution in [2.45, 2.75) is 33.3 Å². The van der Waals surface area contributed by atoms with Crippen molar-refractivity contribution in [2.75, 3.05) is 11.9 Å². The van der Waals surface area contributed by atoms with Crippen LogP contribution in [0, 0.1) is 0 Å². The van der Waals surface area contributed by atoms with E-state index in [4.69, 9.17) is 9.47 Å². The van der Waals surface area contributed by atoms with E-state index in [1.807, 2.05) is 31.2 Å². The summed E-state index contributed by atoms with van der Waals surface area (Å²) in [5.74, 6) is 0.0720. The summed E-state index contributed by atoms with van der Waals surface area (Å²) in [5, 5.41) is 2.74. The fourth-order valence-corrected chi connectivity index (χ4v) is 2.25. The molecule has 2 aromatic rings. The number of hydrogen-bond acceptors (Lipinski definition) is 4. The fourth-order valence-electron chi connectivity index (χ4n) is 2.25. The van der Waals surface area contributed by atoms with E-state index < -0.39 is 0 Å². The molecule has 25 heavy (non-hydrogen) atoms. The predicted molar refractivity (Wildman–Crippen MR) is 96.9 cm³/mol. The number of rotatable bonds is 7. The Bertz CT molecular complexity index is 723. The number of amides is 1. The van der Waals surface area contributed by atoms with Gasteiger partial charge in [-0.3, -0.25) is 4.79 Å². The maximum atomic E-state index is 12.0. The summed E-state index contributed by atoms with van der Waals surface area (Å²) in [6.07, 6.45) is 0.668. The van der Waals surface area contributed by atoms with E-state index in [0.717, 1.165) is 12.0 Å². The molecule has 0 aromatic heterocycles. The maximum Gasteiger partial charge on any atom is 0.338 e. The zero-order chi connectivity index (χ0) is 18.2. The number of benzene rings is 2. The van der Waals surface area contributed by atoms with Crippen LogP contribution in [0.25, 0.3) is 0 Å². The summed E-state index contributed by atoms with van der Waals surface area (Å²) in [6, 6.07) is 14.2. The number of esters is 1. The SMILES string of the molecule is CCc1ccccc1OCC(=O)Nc1ccc(C(=O)OC(C)C)cc1. The Labute approximate surface area is 148 Å². The summed E-state index contributed by atoms with van der Waals surface area (Å²) in [4.78, 5) is 23.8. The minimum Gasteiger partial charge on any atom is -0.483 e. The topological polar surface area (TPSA) is 64.6 Å². The lowest BCUT2D eigenvalue weighted by molar-refractivity contribution is -0.118. The van der Waals surface area contributed by atoms with E-state index in [1.165, 1.54) is 0 Å². The van der Waals surface area contributed by atoms with Crippen molar-refractivity contribution in [3.63, 3.8) is 0 Å². The van der Waals surface area contributed by atoms with Crippen LogP contribution in [0.1, 0.15) is 36.7 Å². The van der Waals surface area contributed by atoms with Gasteiger partial charge in [-0.25, -0.2) is 4.79 Å². The van der Waals surface area contributed by atoms with E-state index in [1.54, 1.807) is 38.1 Å². The number of carbonyl (C=O) groups is 2. The highest BCUT2D eigenvalue weighted by molar-refractivity contribution is 5.93. The van der Waals surface area contributed by atoms with Crippen LogP contribution in [0.3, 0.4) is 0 Å². The third kappa shape index (κ3) is 5.64. The normalized spacial score (nSPS) is 10.4. The molecule has 0 radical (unpaired) electrons. The molecule has 0 bridgehead atoms. The molecular formula is C20H23NO4. The lowest BCUT2D eigenvalue weighted by Crippen LogP contribution is -2.20. The van der Waals surface area contributed by atoms with Gasteiger partial charge in [0.15, 0.2) is 6.61 Å². The van der Waals surface area contributed by atoms with Gasteiger partial charge >= 0.3 is 5.97 Å². The van der Waals surface area contributed by atoms with E-state index in [9.17, 15) is 9.59 Å². The van der Waals surface area contributed by atoms with Crippen LogP contribution < -0.4 is 10.1 Å². The first kappa shape index (κ1) is 18.5. The van der Waals surface area contributed by atoms with Crippen LogP contribution >= 0.6 is 0 Å². The van der Waals surface area contributed by atoms with E-state index >= 15 is 0 Å². The first-order valence-corrected chi connectivity index (χ1v) is 8.31. The molecule has 0 unspecified atom stereocenters. The molecule has 2 aromatic carbocycles. The number of hydrogen-bond donors (Lipinski definition) is 1. The molecule has 1 amide bonds. The Morgan fingerprint density at radius 1 is 1.04 bits per heavy atom. The molecule has 0 aliphatic rings. The van der Waals surface area contributed by atoms with Gasteiger partial charge in [-0.15, -0.1) is 0 Å².